The lowest BCUT2D eigenvalue weighted by Gasteiger charge is -2.07. The van der Waals surface area contributed by atoms with Crippen molar-refractivity contribution in [3.8, 4) is 10.7 Å². The van der Waals surface area contributed by atoms with Gasteiger partial charge in [-0.05, 0) is 36.8 Å². The van der Waals surface area contributed by atoms with Gasteiger partial charge in [-0.2, -0.15) is 0 Å². The molecule has 3 aromatic heterocycles. The summed E-state index contributed by atoms with van der Waals surface area (Å²) in [6, 6.07) is 15.9. The Labute approximate surface area is 177 Å². The highest BCUT2D eigenvalue weighted by molar-refractivity contribution is 7.13. The van der Waals surface area contributed by atoms with Crippen LogP contribution in [-0.2, 0) is 6.54 Å². The highest BCUT2D eigenvalue weighted by Crippen LogP contribution is 2.31. The maximum absolute atomic E-state index is 12.8. The number of anilines is 1. The van der Waals surface area contributed by atoms with Crippen molar-refractivity contribution in [3.05, 3.63) is 72.0 Å². The maximum atomic E-state index is 12.8. The molecule has 5 aromatic rings. The van der Waals surface area contributed by atoms with E-state index in [2.05, 4.69) is 50.0 Å². The first-order chi connectivity index (χ1) is 14.7. The first kappa shape index (κ1) is 18.4. The number of hydrogen-bond donors (Lipinski definition) is 1. The van der Waals surface area contributed by atoms with Gasteiger partial charge in [-0.3, -0.25) is 14.8 Å². The molecule has 0 aliphatic rings. The first-order valence-corrected chi connectivity index (χ1v) is 10.7. The van der Waals surface area contributed by atoms with E-state index in [-0.39, 0.29) is 5.91 Å². The number of fused-ring (bicyclic) bond motifs is 2. The number of aromatic nitrogens is 4. The molecule has 0 unspecified atom stereocenters. The van der Waals surface area contributed by atoms with Gasteiger partial charge in [0, 0.05) is 40.9 Å². The van der Waals surface area contributed by atoms with Crippen LogP contribution in [0.1, 0.15) is 23.8 Å². The van der Waals surface area contributed by atoms with Gasteiger partial charge < -0.3 is 9.88 Å². The Bertz CT molecular complexity index is 1370. The molecule has 1 N–H and O–H groups in total. The molecular formula is C23H19N5OS. The van der Waals surface area contributed by atoms with E-state index in [1.807, 2.05) is 30.3 Å². The predicted octanol–water partition coefficient (Wildman–Crippen LogP) is 5.37. The molecular weight excluding hydrogens is 394 g/mol. The van der Waals surface area contributed by atoms with Crippen LogP contribution >= 0.6 is 11.3 Å². The molecule has 5 rings (SSSR count). The fourth-order valence-corrected chi connectivity index (χ4v) is 4.41. The third kappa shape index (κ3) is 3.33. The second-order valence-electron chi connectivity index (χ2n) is 6.99. The third-order valence-electron chi connectivity index (χ3n) is 4.94. The van der Waals surface area contributed by atoms with Gasteiger partial charge in [-0.1, -0.05) is 25.1 Å². The van der Waals surface area contributed by atoms with Crippen LogP contribution in [0.2, 0.25) is 0 Å². The SMILES string of the molecule is CCCn1c(-c2nc(C(=O)Nc3ccc4nccnc4c3)cs2)cc2ccccc21. The van der Waals surface area contributed by atoms with Crippen molar-refractivity contribution in [2.75, 3.05) is 5.32 Å². The van der Waals surface area contributed by atoms with Crippen LogP contribution in [0.5, 0.6) is 0 Å². The van der Waals surface area contributed by atoms with Crippen molar-refractivity contribution < 1.29 is 4.79 Å². The molecule has 2 aromatic carbocycles. The van der Waals surface area contributed by atoms with Gasteiger partial charge in [0.05, 0.1) is 16.7 Å². The van der Waals surface area contributed by atoms with E-state index < -0.39 is 0 Å². The Balaban J connectivity index is 1.44. The standard InChI is InChI=1S/C23H19N5OS/c1-2-11-28-20-6-4-3-5-15(20)12-21(28)23-27-19(14-30-23)22(29)26-16-7-8-17-18(13-16)25-10-9-24-17/h3-10,12-14H,2,11H2,1H3,(H,26,29). The molecule has 0 spiro atoms. The van der Waals surface area contributed by atoms with Gasteiger partial charge in [-0.15, -0.1) is 11.3 Å². The summed E-state index contributed by atoms with van der Waals surface area (Å²) in [5, 5.41) is 6.74. The van der Waals surface area contributed by atoms with E-state index in [1.165, 1.54) is 22.2 Å². The average molecular weight is 414 g/mol. The number of rotatable bonds is 5. The smallest absolute Gasteiger partial charge is 0.275 e. The predicted molar refractivity (Wildman–Crippen MR) is 121 cm³/mol. The van der Waals surface area contributed by atoms with Crippen molar-refractivity contribution in [1.29, 1.82) is 0 Å². The molecule has 0 saturated heterocycles. The lowest BCUT2D eigenvalue weighted by Crippen LogP contribution is -2.12. The summed E-state index contributed by atoms with van der Waals surface area (Å²) < 4.78 is 2.28. The van der Waals surface area contributed by atoms with Crippen molar-refractivity contribution in [2.24, 2.45) is 0 Å². The molecule has 3 heterocycles. The summed E-state index contributed by atoms with van der Waals surface area (Å²) >= 11 is 1.48. The molecule has 0 fully saturated rings. The Hall–Kier alpha value is -3.58. The maximum Gasteiger partial charge on any atom is 0.275 e. The van der Waals surface area contributed by atoms with Crippen LogP contribution in [0.4, 0.5) is 5.69 Å². The van der Waals surface area contributed by atoms with Crippen LogP contribution in [0.15, 0.2) is 66.3 Å². The van der Waals surface area contributed by atoms with E-state index in [1.54, 1.807) is 17.8 Å². The van der Waals surface area contributed by atoms with Crippen molar-refractivity contribution in [1.82, 2.24) is 19.5 Å². The van der Waals surface area contributed by atoms with Gasteiger partial charge in [-0.25, -0.2) is 4.98 Å². The van der Waals surface area contributed by atoms with Gasteiger partial charge in [0.2, 0.25) is 0 Å². The van der Waals surface area contributed by atoms with Crippen molar-refractivity contribution in [2.45, 2.75) is 19.9 Å². The molecule has 6 nitrogen and oxygen atoms in total. The summed E-state index contributed by atoms with van der Waals surface area (Å²) in [5.74, 6) is -0.237. The number of nitrogens with one attached hydrogen (secondary N) is 1. The molecule has 0 radical (unpaired) electrons. The number of hydrogen-bond acceptors (Lipinski definition) is 5. The van der Waals surface area contributed by atoms with E-state index in [0.29, 0.717) is 11.4 Å². The minimum absolute atomic E-state index is 0.237. The van der Waals surface area contributed by atoms with E-state index in [9.17, 15) is 4.79 Å². The summed E-state index contributed by atoms with van der Waals surface area (Å²) in [4.78, 5) is 25.9. The van der Waals surface area contributed by atoms with Crippen LogP contribution in [0, 0.1) is 0 Å². The van der Waals surface area contributed by atoms with E-state index >= 15 is 0 Å². The number of carbonyl (C=O) groups is 1. The second-order valence-corrected chi connectivity index (χ2v) is 7.85. The first-order valence-electron chi connectivity index (χ1n) is 9.79. The molecule has 0 saturated carbocycles. The van der Waals surface area contributed by atoms with Crippen LogP contribution < -0.4 is 5.32 Å². The van der Waals surface area contributed by atoms with Crippen LogP contribution in [0.3, 0.4) is 0 Å². The fourth-order valence-electron chi connectivity index (χ4n) is 3.58. The zero-order valence-corrected chi connectivity index (χ0v) is 17.2. The quantitative estimate of drug-likeness (QED) is 0.420. The highest BCUT2D eigenvalue weighted by Gasteiger charge is 2.16. The van der Waals surface area contributed by atoms with Crippen molar-refractivity contribution in [3.63, 3.8) is 0 Å². The number of para-hydroxylation sites is 1. The molecule has 30 heavy (non-hydrogen) atoms. The number of aryl methyl sites for hydroxylation is 1. The molecule has 0 aliphatic carbocycles. The topological polar surface area (TPSA) is 72.7 Å². The van der Waals surface area contributed by atoms with Crippen LogP contribution in [-0.4, -0.2) is 25.4 Å². The number of amides is 1. The molecule has 1 amide bonds. The number of carbonyl (C=O) groups excluding carboxylic acids is 1. The zero-order chi connectivity index (χ0) is 20.5. The molecule has 0 bridgehead atoms. The van der Waals surface area contributed by atoms with Crippen LogP contribution in [0.25, 0.3) is 32.6 Å². The molecule has 148 valence electrons. The zero-order valence-electron chi connectivity index (χ0n) is 16.4. The van der Waals surface area contributed by atoms with Crippen molar-refractivity contribution >= 4 is 44.9 Å². The third-order valence-corrected chi connectivity index (χ3v) is 5.81. The van der Waals surface area contributed by atoms with E-state index in [0.717, 1.165) is 34.7 Å². The monoisotopic (exact) mass is 413 g/mol. The van der Waals surface area contributed by atoms with Gasteiger partial charge in [0.25, 0.3) is 5.91 Å². The van der Waals surface area contributed by atoms with E-state index in [4.69, 9.17) is 0 Å². The van der Waals surface area contributed by atoms with Gasteiger partial charge in [0.15, 0.2) is 0 Å². The minimum atomic E-state index is -0.237. The second kappa shape index (κ2) is 7.68. The van der Waals surface area contributed by atoms with Gasteiger partial charge >= 0.3 is 0 Å². The summed E-state index contributed by atoms with van der Waals surface area (Å²) in [5.41, 5.74) is 4.83. The molecule has 0 aliphatic heterocycles. The molecule has 7 heteroatoms. The summed E-state index contributed by atoms with van der Waals surface area (Å²) in [7, 11) is 0. The number of nitrogens with zero attached hydrogens (tertiary/aromatic N) is 4. The minimum Gasteiger partial charge on any atom is -0.339 e. The largest absolute Gasteiger partial charge is 0.339 e. The summed E-state index contributed by atoms with van der Waals surface area (Å²) in [6.07, 6.45) is 4.31. The lowest BCUT2D eigenvalue weighted by atomic mass is 10.2. The Morgan fingerprint density at radius 3 is 2.77 bits per heavy atom. The average Bonchev–Trinajstić information content (AvgIpc) is 3.39. The Morgan fingerprint density at radius 2 is 1.90 bits per heavy atom. The summed E-state index contributed by atoms with van der Waals surface area (Å²) in [6.45, 7) is 3.06. The fraction of sp³-hybridized carbons (Fsp3) is 0.130. The number of thiazole rings is 1. The van der Waals surface area contributed by atoms with Gasteiger partial charge in [0.1, 0.15) is 10.7 Å². The number of benzene rings is 2. The Morgan fingerprint density at radius 1 is 1.07 bits per heavy atom. The molecule has 0 atom stereocenters. The Kier molecular flexibility index (Phi) is 4.72. The highest BCUT2D eigenvalue weighted by atomic mass is 32.1. The normalized spacial score (nSPS) is 11.2. The lowest BCUT2D eigenvalue weighted by molar-refractivity contribution is 0.102.